The van der Waals surface area contributed by atoms with Crippen molar-refractivity contribution in [2.45, 2.75) is 39.7 Å². The van der Waals surface area contributed by atoms with E-state index < -0.39 is 5.97 Å². The number of esters is 1. The van der Waals surface area contributed by atoms with Crippen LogP contribution in [0.4, 0.5) is 5.69 Å². The number of anilines is 1. The first-order valence-corrected chi connectivity index (χ1v) is 10.6. The van der Waals surface area contributed by atoms with Crippen LogP contribution < -0.4 is 10.9 Å². The molecule has 2 heterocycles. The first kappa shape index (κ1) is 22.9. The molecule has 0 radical (unpaired) electrons. The number of aromatic nitrogens is 2. The van der Waals surface area contributed by atoms with E-state index in [1.807, 2.05) is 30.5 Å². The van der Waals surface area contributed by atoms with Crippen LogP contribution in [-0.4, -0.2) is 28.0 Å². The number of amides is 1. The number of carbonyl (C=O) groups is 2. The van der Waals surface area contributed by atoms with Crippen LogP contribution in [0.5, 0.6) is 0 Å². The van der Waals surface area contributed by atoms with Gasteiger partial charge in [0.25, 0.3) is 11.5 Å². The lowest BCUT2D eigenvalue weighted by Crippen LogP contribution is -2.25. The molecule has 1 aromatic carbocycles. The maximum Gasteiger partial charge on any atom is 0.326 e. The van der Waals surface area contributed by atoms with E-state index in [9.17, 15) is 14.4 Å². The second-order valence-electron chi connectivity index (χ2n) is 7.50. The number of nitrogens with zero attached hydrogens (tertiary/aromatic N) is 2. The van der Waals surface area contributed by atoms with Crippen LogP contribution in [0, 0.1) is 0 Å². The quantitative estimate of drug-likeness (QED) is 0.527. The van der Waals surface area contributed by atoms with Crippen LogP contribution >= 0.6 is 0 Å². The zero-order valence-electron chi connectivity index (χ0n) is 18.5. The van der Waals surface area contributed by atoms with Crippen LogP contribution in [0.25, 0.3) is 11.1 Å². The lowest BCUT2D eigenvalue weighted by molar-refractivity contribution is -0.143. The first-order chi connectivity index (χ1) is 15.4. The molecule has 0 saturated heterocycles. The molecule has 2 aromatic heterocycles. The first-order valence-electron chi connectivity index (χ1n) is 10.6. The number of rotatable bonds is 8. The van der Waals surface area contributed by atoms with E-state index in [2.05, 4.69) is 24.1 Å². The fraction of sp³-hybridized carbons (Fsp3) is 0.280. The lowest BCUT2D eigenvalue weighted by atomic mass is 9.91. The number of pyridine rings is 2. The van der Waals surface area contributed by atoms with Gasteiger partial charge in [-0.1, -0.05) is 26.0 Å². The van der Waals surface area contributed by atoms with Crippen molar-refractivity contribution in [3.05, 3.63) is 82.5 Å². The number of carbonyl (C=O) groups excluding carboxylic acids is 2. The Hall–Kier alpha value is -3.74. The minimum absolute atomic E-state index is 0. The predicted molar refractivity (Wildman–Crippen MR) is 126 cm³/mol. The van der Waals surface area contributed by atoms with E-state index >= 15 is 0 Å². The van der Waals surface area contributed by atoms with Gasteiger partial charge in [0.2, 0.25) is 0 Å². The van der Waals surface area contributed by atoms with Crippen molar-refractivity contribution in [1.82, 2.24) is 9.55 Å². The van der Waals surface area contributed by atoms with E-state index in [0.29, 0.717) is 17.2 Å². The second kappa shape index (κ2) is 10.5. The molecular weight excluding hydrogens is 406 g/mol. The van der Waals surface area contributed by atoms with E-state index in [1.54, 1.807) is 19.2 Å². The monoisotopic (exact) mass is 435 g/mol. The molecule has 1 atom stereocenters. The number of nitrogens with one attached hydrogen (secondary N) is 1. The van der Waals surface area contributed by atoms with E-state index in [-0.39, 0.29) is 26.0 Å². The Morgan fingerprint density at radius 1 is 1.19 bits per heavy atom. The molecule has 0 bridgehead atoms. The molecule has 168 valence electrons. The second-order valence-corrected chi connectivity index (χ2v) is 7.50. The molecule has 0 saturated carbocycles. The highest BCUT2D eigenvalue weighted by Crippen LogP contribution is 2.30. The third-order valence-electron chi connectivity index (χ3n) is 5.28. The maximum atomic E-state index is 12.9. The van der Waals surface area contributed by atoms with E-state index in [1.165, 1.54) is 28.5 Å². The molecule has 1 unspecified atom stereocenters. The summed E-state index contributed by atoms with van der Waals surface area (Å²) in [6, 6.07) is 12.2. The Kier molecular flexibility index (Phi) is 7.54. The van der Waals surface area contributed by atoms with Crippen molar-refractivity contribution < 1.29 is 15.8 Å². The highest BCUT2D eigenvalue weighted by atomic mass is 16.5. The van der Waals surface area contributed by atoms with Gasteiger partial charge in [0, 0.05) is 37.2 Å². The predicted octanol–water partition coefficient (Wildman–Crippen LogP) is 4.49. The average Bonchev–Trinajstić information content (AvgIpc) is 2.81. The molecule has 1 amide bonds. The van der Waals surface area contributed by atoms with Crippen molar-refractivity contribution in [2.75, 3.05) is 11.9 Å². The normalized spacial score (nSPS) is 11.6. The third-order valence-corrected chi connectivity index (χ3v) is 5.28. The summed E-state index contributed by atoms with van der Waals surface area (Å²) in [5.41, 5.74) is 3.63. The van der Waals surface area contributed by atoms with Crippen LogP contribution in [0.15, 0.2) is 65.8 Å². The Bertz CT molecular complexity index is 1180. The number of hydrogen-bond acceptors (Lipinski definition) is 5. The summed E-state index contributed by atoms with van der Waals surface area (Å²) in [6.07, 6.45) is 6.04. The Balaban J connectivity index is 0.00000385. The molecule has 3 rings (SSSR count). The summed E-state index contributed by atoms with van der Waals surface area (Å²) >= 11 is 0. The Morgan fingerprint density at radius 2 is 2.00 bits per heavy atom. The summed E-state index contributed by atoms with van der Waals surface area (Å²) in [5.74, 6) is -0.465. The molecular formula is C25H29N3O4. The molecule has 32 heavy (non-hydrogen) atoms. The summed E-state index contributed by atoms with van der Waals surface area (Å²) in [4.78, 5) is 40.9. The van der Waals surface area contributed by atoms with E-state index in [4.69, 9.17) is 4.74 Å². The summed E-state index contributed by atoms with van der Waals surface area (Å²) in [6.45, 7) is 6.02. The molecule has 0 aliphatic rings. The molecule has 0 spiro atoms. The van der Waals surface area contributed by atoms with Crippen LogP contribution in [-0.2, 0) is 16.1 Å². The largest absolute Gasteiger partial charge is 0.465 e. The smallest absolute Gasteiger partial charge is 0.326 e. The van der Waals surface area contributed by atoms with Crippen molar-refractivity contribution in [2.24, 2.45) is 0 Å². The fourth-order valence-electron chi connectivity index (χ4n) is 3.40. The van der Waals surface area contributed by atoms with Gasteiger partial charge in [-0.25, -0.2) is 0 Å². The van der Waals surface area contributed by atoms with Gasteiger partial charge in [0.1, 0.15) is 6.54 Å². The van der Waals surface area contributed by atoms with Gasteiger partial charge in [-0.05, 0) is 54.7 Å². The van der Waals surface area contributed by atoms with Crippen LogP contribution in [0.2, 0.25) is 0 Å². The number of benzene rings is 1. The highest BCUT2D eigenvalue weighted by Gasteiger charge is 2.14. The molecule has 7 heteroatoms. The molecule has 0 aliphatic heterocycles. The van der Waals surface area contributed by atoms with E-state index in [0.717, 1.165) is 17.5 Å². The maximum absolute atomic E-state index is 12.9. The fourth-order valence-corrected chi connectivity index (χ4v) is 3.40. The summed E-state index contributed by atoms with van der Waals surface area (Å²) in [5, 5.41) is 2.79. The van der Waals surface area contributed by atoms with Gasteiger partial charge in [-0.2, -0.15) is 0 Å². The Labute approximate surface area is 188 Å². The highest BCUT2D eigenvalue weighted by molar-refractivity contribution is 6.04. The van der Waals surface area contributed by atoms with Crippen molar-refractivity contribution in [3.8, 4) is 11.1 Å². The van der Waals surface area contributed by atoms with Crippen molar-refractivity contribution in [3.63, 3.8) is 0 Å². The topological polar surface area (TPSA) is 90.3 Å². The molecule has 0 fully saturated rings. The van der Waals surface area contributed by atoms with Gasteiger partial charge in [-0.3, -0.25) is 19.4 Å². The van der Waals surface area contributed by atoms with Crippen LogP contribution in [0.3, 0.4) is 0 Å². The third kappa shape index (κ3) is 5.49. The number of hydrogen-bond donors (Lipinski definition) is 1. The van der Waals surface area contributed by atoms with Gasteiger partial charge in [-0.15, -0.1) is 0 Å². The minimum atomic E-state index is -0.514. The minimum Gasteiger partial charge on any atom is -0.465 e. The summed E-state index contributed by atoms with van der Waals surface area (Å²) in [7, 11) is 0. The zero-order chi connectivity index (χ0) is 23.1. The van der Waals surface area contributed by atoms with Gasteiger partial charge >= 0.3 is 5.97 Å². The average molecular weight is 436 g/mol. The van der Waals surface area contributed by atoms with Crippen LogP contribution in [0.1, 0.15) is 50.5 Å². The number of ether oxygens (including phenoxy) is 1. The van der Waals surface area contributed by atoms with Gasteiger partial charge < -0.3 is 14.6 Å². The molecule has 0 aliphatic carbocycles. The zero-order valence-corrected chi connectivity index (χ0v) is 18.5. The van der Waals surface area contributed by atoms with Gasteiger partial charge in [0.15, 0.2) is 0 Å². The standard InChI is InChI=1S/C25H27N3O4.H2/c1-4-17(3)21-11-12-26-14-22(21)18-7-6-8-19(13-18)25(31)27-20-9-10-23(29)28(15-20)16-24(30)32-5-2;/h6-15,17H,4-5,16H2,1-3H3,(H,27,31);1H. The molecule has 1 N–H and O–H groups in total. The molecule has 3 aromatic rings. The SMILES string of the molecule is CCOC(=O)Cn1cc(NC(=O)c2cccc(-c3cnccc3C(C)CC)c2)ccc1=O.[HH]. The van der Waals surface area contributed by atoms with Crippen molar-refractivity contribution in [1.29, 1.82) is 0 Å². The molecule has 7 nitrogen and oxygen atoms in total. The summed E-state index contributed by atoms with van der Waals surface area (Å²) < 4.78 is 6.10. The van der Waals surface area contributed by atoms with Crippen molar-refractivity contribution >= 4 is 17.6 Å². The Morgan fingerprint density at radius 3 is 2.75 bits per heavy atom. The lowest BCUT2D eigenvalue weighted by Gasteiger charge is -2.15. The van der Waals surface area contributed by atoms with Gasteiger partial charge in [0.05, 0.1) is 12.3 Å².